The second-order valence-corrected chi connectivity index (χ2v) is 5.38. The minimum atomic E-state index is 0.357. The van der Waals surface area contributed by atoms with Crippen molar-refractivity contribution in [3.8, 4) is 5.75 Å². The summed E-state index contributed by atoms with van der Waals surface area (Å²) in [5.41, 5.74) is 1.27. The second kappa shape index (κ2) is 3.75. The van der Waals surface area contributed by atoms with Crippen molar-refractivity contribution >= 4 is 5.69 Å². The van der Waals surface area contributed by atoms with E-state index in [0.717, 1.165) is 18.8 Å². The summed E-state index contributed by atoms with van der Waals surface area (Å²) < 4.78 is 11.2. The molecule has 0 aromatic heterocycles. The number of anilines is 1. The van der Waals surface area contributed by atoms with Gasteiger partial charge in [0.25, 0.3) is 0 Å². The minimum absolute atomic E-state index is 0.357. The fraction of sp³-hybridized carbons (Fsp3) is 0.467. The Morgan fingerprint density at radius 1 is 1.17 bits per heavy atom. The van der Waals surface area contributed by atoms with E-state index in [1.54, 1.807) is 7.11 Å². The molecule has 3 heterocycles. The van der Waals surface area contributed by atoms with Crippen LogP contribution in [0.3, 0.4) is 0 Å². The van der Waals surface area contributed by atoms with Crippen molar-refractivity contribution in [1.82, 2.24) is 0 Å². The largest absolute Gasteiger partial charge is 0.497 e. The van der Waals surface area contributed by atoms with Crippen LogP contribution < -0.4 is 9.64 Å². The molecule has 3 aliphatic heterocycles. The quantitative estimate of drug-likeness (QED) is 0.742. The molecule has 0 radical (unpaired) electrons. The van der Waals surface area contributed by atoms with Gasteiger partial charge in [-0.2, -0.15) is 0 Å². The average molecular weight is 243 g/mol. The van der Waals surface area contributed by atoms with Crippen LogP contribution in [0.15, 0.2) is 36.4 Å². The Bertz CT molecular complexity index is 479. The van der Waals surface area contributed by atoms with Crippen molar-refractivity contribution < 1.29 is 9.47 Å². The minimum Gasteiger partial charge on any atom is -0.497 e. The SMILES string of the molecule is COc1cccc(N2CC3C4C=CC(O4)C3C2)c1. The maximum atomic E-state index is 5.91. The van der Waals surface area contributed by atoms with Crippen LogP contribution in [0.2, 0.25) is 0 Å². The van der Waals surface area contributed by atoms with Gasteiger partial charge in [-0.15, -0.1) is 0 Å². The first-order valence-corrected chi connectivity index (χ1v) is 6.58. The monoisotopic (exact) mass is 243 g/mol. The van der Waals surface area contributed by atoms with Gasteiger partial charge in [0.05, 0.1) is 19.3 Å². The van der Waals surface area contributed by atoms with Gasteiger partial charge in [0, 0.05) is 36.7 Å². The van der Waals surface area contributed by atoms with Crippen molar-refractivity contribution in [3.05, 3.63) is 36.4 Å². The fourth-order valence-corrected chi connectivity index (χ4v) is 3.55. The number of methoxy groups -OCH3 is 1. The summed E-state index contributed by atoms with van der Waals surface area (Å²) in [6.45, 7) is 2.20. The molecule has 3 aliphatic rings. The summed E-state index contributed by atoms with van der Waals surface area (Å²) in [7, 11) is 1.72. The normalized spacial score (nSPS) is 36.2. The smallest absolute Gasteiger partial charge is 0.120 e. The van der Waals surface area contributed by atoms with E-state index >= 15 is 0 Å². The summed E-state index contributed by atoms with van der Waals surface area (Å²) in [5, 5.41) is 0. The zero-order valence-corrected chi connectivity index (χ0v) is 10.5. The molecule has 2 fully saturated rings. The van der Waals surface area contributed by atoms with Crippen molar-refractivity contribution in [3.63, 3.8) is 0 Å². The lowest BCUT2D eigenvalue weighted by atomic mass is 9.86. The maximum absolute atomic E-state index is 5.91. The molecule has 0 saturated carbocycles. The van der Waals surface area contributed by atoms with Crippen molar-refractivity contribution in [2.75, 3.05) is 25.1 Å². The number of nitrogens with zero attached hydrogens (tertiary/aromatic N) is 1. The molecule has 94 valence electrons. The third-order valence-corrected chi connectivity index (χ3v) is 4.48. The van der Waals surface area contributed by atoms with E-state index in [1.807, 2.05) is 6.07 Å². The zero-order chi connectivity index (χ0) is 12.1. The van der Waals surface area contributed by atoms with E-state index in [4.69, 9.17) is 9.47 Å². The highest BCUT2D eigenvalue weighted by Crippen LogP contribution is 2.44. The van der Waals surface area contributed by atoms with Gasteiger partial charge in [-0.1, -0.05) is 18.2 Å². The second-order valence-electron chi connectivity index (χ2n) is 5.38. The van der Waals surface area contributed by atoms with Gasteiger partial charge in [-0.3, -0.25) is 0 Å². The summed E-state index contributed by atoms with van der Waals surface area (Å²) in [6, 6.07) is 8.34. The van der Waals surface area contributed by atoms with E-state index in [1.165, 1.54) is 5.69 Å². The molecule has 1 aromatic carbocycles. The molecule has 4 rings (SSSR count). The fourth-order valence-electron chi connectivity index (χ4n) is 3.55. The summed E-state index contributed by atoms with van der Waals surface area (Å²) in [6.07, 6.45) is 5.19. The molecular weight excluding hydrogens is 226 g/mol. The van der Waals surface area contributed by atoms with E-state index in [2.05, 4.69) is 35.3 Å². The van der Waals surface area contributed by atoms with Gasteiger partial charge in [-0.05, 0) is 12.1 Å². The van der Waals surface area contributed by atoms with Gasteiger partial charge < -0.3 is 14.4 Å². The van der Waals surface area contributed by atoms with Gasteiger partial charge in [0.15, 0.2) is 0 Å². The summed E-state index contributed by atoms with van der Waals surface area (Å²) in [4.78, 5) is 2.47. The Kier molecular flexibility index (Phi) is 2.18. The van der Waals surface area contributed by atoms with E-state index in [9.17, 15) is 0 Å². The van der Waals surface area contributed by atoms with Crippen molar-refractivity contribution in [2.24, 2.45) is 11.8 Å². The highest BCUT2D eigenvalue weighted by atomic mass is 16.5. The van der Waals surface area contributed by atoms with Crippen molar-refractivity contribution in [1.29, 1.82) is 0 Å². The number of ether oxygens (including phenoxy) is 2. The number of hydrogen-bond acceptors (Lipinski definition) is 3. The van der Waals surface area contributed by atoms with Crippen LogP contribution in [-0.2, 0) is 4.74 Å². The number of benzene rings is 1. The highest BCUT2D eigenvalue weighted by Gasteiger charge is 2.50. The predicted octanol–water partition coefficient (Wildman–Crippen LogP) is 2.08. The Morgan fingerprint density at radius 2 is 1.89 bits per heavy atom. The molecule has 0 aliphatic carbocycles. The molecule has 2 bridgehead atoms. The molecule has 0 amide bonds. The lowest BCUT2D eigenvalue weighted by Crippen LogP contribution is -2.24. The molecular formula is C15H17NO2. The molecule has 4 atom stereocenters. The highest BCUT2D eigenvalue weighted by molar-refractivity contribution is 5.52. The van der Waals surface area contributed by atoms with Gasteiger partial charge in [-0.25, -0.2) is 0 Å². The third kappa shape index (κ3) is 1.40. The maximum Gasteiger partial charge on any atom is 0.120 e. The van der Waals surface area contributed by atoms with E-state index < -0.39 is 0 Å². The third-order valence-electron chi connectivity index (χ3n) is 4.48. The molecule has 18 heavy (non-hydrogen) atoms. The van der Waals surface area contributed by atoms with Gasteiger partial charge in [0.1, 0.15) is 5.75 Å². The van der Waals surface area contributed by atoms with Crippen LogP contribution in [-0.4, -0.2) is 32.4 Å². The first-order chi connectivity index (χ1) is 8.85. The zero-order valence-electron chi connectivity index (χ0n) is 10.5. The molecule has 0 spiro atoms. The first kappa shape index (κ1) is 10.4. The standard InChI is InChI=1S/C15H17NO2/c1-17-11-4-2-3-10(7-11)16-8-12-13(9-16)15-6-5-14(12)18-15/h2-7,12-15H,8-9H2,1H3. The summed E-state index contributed by atoms with van der Waals surface area (Å²) in [5.74, 6) is 2.28. The van der Waals surface area contributed by atoms with E-state index in [-0.39, 0.29) is 0 Å². The van der Waals surface area contributed by atoms with Crippen LogP contribution in [0, 0.1) is 11.8 Å². The number of fused-ring (bicyclic) bond motifs is 5. The predicted molar refractivity (Wildman–Crippen MR) is 70.0 cm³/mol. The first-order valence-electron chi connectivity index (χ1n) is 6.58. The van der Waals surface area contributed by atoms with Crippen LogP contribution in [0.25, 0.3) is 0 Å². The Hall–Kier alpha value is -1.48. The number of hydrogen-bond donors (Lipinski definition) is 0. The van der Waals surface area contributed by atoms with E-state index in [0.29, 0.717) is 24.0 Å². The van der Waals surface area contributed by atoms with Gasteiger partial charge >= 0.3 is 0 Å². The lowest BCUT2D eigenvalue weighted by Gasteiger charge is -2.21. The lowest BCUT2D eigenvalue weighted by molar-refractivity contribution is 0.100. The molecule has 0 N–H and O–H groups in total. The molecule has 3 heteroatoms. The number of rotatable bonds is 2. The van der Waals surface area contributed by atoms with Crippen LogP contribution in [0.1, 0.15) is 0 Å². The van der Waals surface area contributed by atoms with Gasteiger partial charge in [0.2, 0.25) is 0 Å². The van der Waals surface area contributed by atoms with Crippen LogP contribution >= 0.6 is 0 Å². The molecule has 3 nitrogen and oxygen atoms in total. The molecule has 1 aromatic rings. The topological polar surface area (TPSA) is 21.7 Å². The molecule has 2 saturated heterocycles. The van der Waals surface area contributed by atoms with Crippen LogP contribution in [0.4, 0.5) is 5.69 Å². The Morgan fingerprint density at radius 3 is 2.56 bits per heavy atom. The average Bonchev–Trinajstić information content (AvgIpc) is 3.10. The summed E-state index contributed by atoms with van der Waals surface area (Å²) >= 11 is 0. The van der Waals surface area contributed by atoms with Crippen molar-refractivity contribution in [2.45, 2.75) is 12.2 Å². The molecule has 4 unspecified atom stereocenters. The Balaban J connectivity index is 1.58. The van der Waals surface area contributed by atoms with Crippen LogP contribution in [0.5, 0.6) is 5.75 Å². The Labute approximate surface area is 107 Å².